The van der Waals surface area contributed by atoms with Crippen LogP contribution in [0.1, 0.15) is 25.8 Å². The van der Waals surface area contributed by atoms with E-state index in [1.54, 1.807) is 6.07 Å². The fourth-order valence-corrected chi connectivity index (χ4v) is 2.55. The second-order valence-corrected chi connectivity index (χ2v) is 5.33. The SMILES string of the molecule is CCC1COC(C)CN1c1ccc(C(N)=S)c(F)c1. The molecule has 0 aromatic heterocycles. The summed E-state index contributed by atoms with van der Waals surface area (Å²) in [4.78, 5) is 2.28. The van der Waals surface area contributed by atoms with Crippen molar-refractivity contribution in [1.29, 1.82) is 0 Å². The monoisotopic (exact) mass is 282 g/mol. The van der Waals surface area contributed by atoms with E-state index in [-0.39, 0.29) is 23.0 Å². The lowest BCUT2D eigenvalue weighted by Gasteiger charge is -2.40. The average molecular weight is 282 g/mol. The van der Waals surface area contributed by atoms with Crippen LogP contribution in [0.15, 0.2) is 18.2 Å². The average Bonchev–Trinajstić information content (AvgIpc) is 2.38. The molecule has 2 N–H and O–H groups in total. The number of ether oxygens (including phenoxy) is 1. The molecule has 0 amide bonds. The molecular weight excluding hydrogens is 263 g/mol. The zero-order valence-corrected chi connectivity index (χ0v) is 12.0. The first kappa shape index (κ1) is 14.2. The van der Waals surface area contributed by atoms with Crippen molar-refractivity contribution >= 4 is 22.9 Å². The van der Waals surface area contributed by atoms with E-state index in [0.29, 0.717) is 12.2 Å². The van der Waals surface area contributed by atoms with Gasteiger partial charge in [0.25, 0.3) is 0 Å². The summed E-state index contributed by atoms with van der Waals surface area (Å²) in [6.45, 7) is 5.58. The minimum absolute atomic E-state index is 0.0893. The van der Waals surface area contributed by atoms with Gasteiger partial charge in [-0.3, -0.25) is 0 Å². The van der Waals surface area contributed by atoms with Gasteiger partial charge in [-0.1, -0.05) is 19.1 Å². The molecule has 1 heterocycles. The molecule has 1 aliphatic heterocycles. The third kappa shape index (κ3) is 3.04. The molecule has 0 aliphatic carbocycles. The summed E-state index contributed by atoms with van der Waals surface area (Å²) in [5.41, 5.74) is 6.64. The summed E-state index contributed by atoms with van der Waals surface area (Å²) >= 11 is 4.82. The van der Waals surface area contributed by atoms with Crippen LogP contribution in [-0.4, -0.2) is 30.3 Å². The summed E-state index contributed by atoms with van der Waals surface area (Å²) in [6.07, 6.45) is 1.12. The maximum absolute atomic E-state index is 14.0. The summed E-state index contributed by atoms with van der Waals surface area (Å²) in [5.74, 6) is -0.362. The predicted molar refractivity (Wildman–Crippen MR) is 79.1 cm³/mol. The van der Waals surface area contributed by atoms with E-state index in [2.05, 4.69) is 11.8 Å². The van der Waals surface area contributed by atoms with Crippen molar-refractivity contribution in [3.63, 3.8) is 0 Å². The molecule has 1 saturated heterocycles. The highest BCUT2D eigenvalue weighted by atomic mass is 32.1. The lowest BCUT2D eigenvalue weighted by atomic mass is 10.1. The highest BCUT2D eigenvalue weighted by molar-refractivity contribution is 7.80. The summed E-state index contributed by atoms with van der Waals surface area (Å²) in [5, 5.41) is 0. The van der Waals surface area contributed by atoms with E-state index in [1.165, 1.54) is 6.07 Å². The van der Waals surface area contributed by atoms with Gasteiger partial charge in [0.15, 0.2) is 0 Å². The Balaban J connectivity index is 2.29. The van der Waals surface area contributed by atoms with Crippen molar-refractivity contribution in [3.8, 4) is 0 Å². The lowest BCUT2D eigenvalue weighted by molar-refractivity contribution is 0.0299. The number of hydrogen-bond acceptors (Lipinski definition) is 3. The van der Waals surface area contributed by atoms with Crippen molar-refractivity contribution < 1.29 is 9.13 Å². The fraction of sp³-hybridized carbons (Fsp3) is 0.500. The number of anilines is 1. The van der Waals surface area contributed by atoms with E-state index < -0.39 is 0 Å². The molecule has 19 heavy (non-hydrogen) atoms. The van der Waals surface area contributed by atoms with E-state index in [4.69, 9.17) is 22.7 Å². The van der Waals surface area contributed by atoms with Gasteiger partial charge in [0.1, 0.15) is 10.8 Å². The maximum Gasteiger partial charge on any atom is 0.135 e. The van der Waals surface area contributed by atoms with Gasteiger partial charge in [0.05, 0.1) is 18.8 Å². The van der Waals surface area contributed by atoms with Crippen molar-refractivity contribution in [1.82, 2.24) is 0 Å². The molecule has 0 spiro atoms. The molecule has 2 unspecified atom stereocenters. The first-order valence-electron chi connectivity index (χ1n) is 6.50. The van der Waals surface area contributed by atoms with E-state index in [1.807, 2.05) is 13.0 Å². The minimum atomic E-state index is -0.362. The standard InChI is InChI=1S/C14H19FN2OS/c1-3-10-8-18-9(2)7-17(10)11-4-5-12(14(16)19)13(15)6-11/h4-6,9-10H,3,7-8H2,1-2H3,(H2,16,19). The summed E-state index contributed by atoms with van der Waals surface area (Å²) < 4.78 is 19.6. The van der Waals surface area contributed by atoms with Crippen LogP contribution in [0, 0.1) is 5.82 Å². The molecule has 2 atom stereocenters. The fourth-order valence-electron chi connectivity index (χ4n) is 2.38. The van der Waals surface area contributed by atoms with Crippen LogP contribution >= 0.6 is 12.2 Å². The predicted octanol–water partition coefficient (Wildman–Crippen LogP) is 2.46. The molecule has 2 rings (SSSR count). The number of nitrogens with zero attached hydrogens (tertiary/aromatic N) is 1. The number of halogens is 1. The molecule has 0 radical (unpaired) electrons. The quantitative estimate of drug-likeness (QED) is 0.864. The second kappa shape index (κ2) is 5.84. The number of morpholine rings is 1. The van der Waals surface area contributed by atoms with Crippen LogP contribution in [0.3, 0.4) is 0 Å². The van der Waals surface area contributed by atoms with Crippen LogP contribution in [0.25, 0.3) is 0 Å². The Morgan fingerprint density at radius 2 is 2.32 bits per heavy atom. The number of hydrogen-bond donors (Lipinski definition) is 1. The highest BCUT2D eigenvalue weighted by Crippen LogP contribution is 2.25. The number of nitrogens with two attached hydrogens (primary N) is 1. The number of rotatable bonds is 3. The van der Waals surface area contributed by atoms with E-state index in [9.17, 15) is 4.39 Å². The first-order valence-corrected chi connectivity index (χ1v) is 6.91. The molecule has 0 saturated carbocycles. The molecule has 3 nitrogen and oxygen atoms in total. The molecular formula is C14H19FN2OS. The van der Waals surface area contributed by atoms with Gasteiger partial charge in [-0.05, 0) is 31.5 Å². The third-order valence-corrected chi connectivity index (χ3v) is 3.71. The normalized spacial score (nSPS) is 23.4. The topological polar surface area (TPSA) is 38.5 Å². The van der Waals surface area contributed by atoms with Gasteiger partial charge in [0.2, 0.25) is 0 Å². The van der Waals surface area contributed by atoms with E-state index >= 15 is 0 Å². The van der Waals surface area contributed by atoms with Crippen molar-refractivity contribution in [2.24, 2.45) is 5.73 Å². The van der Waals surface area contributed by atoms with Gasteiger partial charge >= 0.3 is 0 Å². The Morgan fingerprint density at radius 1 is 1.58 bits per heavy atom. The molecule has 0 bridgehead atoms. The van der Waals surface area contributed by atoms with Crippen LogP contribution < -0.4 is 10.6 Å². The third-order valence-electron chi connectivity index (χ3n) is 3.49. The summed E-state index contributed by atoms with van der Waals surface area (Å²) in [7, 11) is 0. The van der Waals surface area contributed by atoms with Gasteiger partial charge in [-0.15, -0.1) is 0 Å². The Kier molecular flexibility index (Phi) is 4.37. The zero-order chi connectivity index (χ0) is 14.0. The lowest BCUT2D eigenvalue weighted by Crippen LogP contribution is -2.48. The molecule has 1 aliphatic rings. The maximum atomic E-state index is 14.0. The summed E-state index contributed by atoms with van der Waals surface area (Å²) in [6, 6.07) is 5.32. The largest absolute Gasteiger partial charge is 0.389 e. The second-order valence-electron chi connectivity index (χ2n) is 4.89. The molecule has 1 aromatic carbocycles. The van der Waals surface area contributed by atoms with Crippen molar-refractivity contribution in [3.05, 3.63) is 29.6 Å². The first-order chi connectivity index (χ1) is 9.02. The van der Waals surface area contributed by atoms with Gasteiger partial charge in [0, 0.05) is 17.8 Å². The van der Waals surface area contributed by atoms with Gasteiger partial charge in [-0.25, -0.2) is 4.39 Å². The van der Waals surface area contributed by atoms with Gasteiger partial charge in [-0.2, -0.15) is 0 Å². The Labute approximate surface area is 118 Å². The van der Waals surface area contributed by atoms with Crippen LogP contribution in [-0.2, 0) is 4.74 Å². The van der Waals surface area contributed by atoms with Crippen LogP contribution in [0.4, 0.5) is 10.1 Å². The Bertz CT molecular complexity index is 481. The van der Waals surface area contributed by atoms with Crippen molar-refractivity contribution in [2.75, 3.05) is 18.1 Å². The number of thiocarbonyl (C=S) groups is 1. The smallest absolute Gasteiger partial charge is 0.135 e. The molecule has 1 aromatic rings. The molecule has 1 fully saturated rings. The zero-order valence-electron chi connectivity index (χ0n) is 11.2. The minimum Gasteiger partial charge on any atom is -0.389 e. The Hall–Kier alpha value is -1.20. The van der Waals surface area contributed by atoms with Gasteiger partial charge < -0.3 is 15.4 Å². The van der Waals surface area contributed by atoms with Crippen molar-refractivity contribution in [2.45, 2.75) is 32.4 Å². The molecule has 5 heteroatoms. The highest BCUT2D eigenvalue weighted by Gasteiger charge is 2.26. The van der Waals surface area contributed by atoms with Crippen LogP contribution in [0.5, 0.6) is 0 Å². The Morgan fingerprint density at radius 3 is 2.89 bits per heavy atom. The van der Waals surface area contributed by atoms with E-state index in [0.717, 1.165) is 18.7 Å². The van der Waals surface area contributed by atoms with Crippen LogP contribution in [0.2, 0.25) is 0 Å². The number of benzene rings is 1. The molecule has 104 valence electrons.